The van der Waals surface area contributed by atoms with Crippen LogP contribution in [0.4, 0.5) is 5.69 Å². The van der Waals surface area contributed by atoms with Crippen LogP contribution in [0.2, 0.25) is 10.0 Å². The number of hydrogen-bond donors (Lipinski definition) is 2. The number of sulfonamides is 1. The number of ether oxygens (including phenoxy) is 1. The SMILES string of the molecule is CN1C(C2OCC23CCCC(=O)N3c2ccc(-c3cccc(C4CCC(=O)NC4=O)c3Cl)cc2)c2cccc(-c3ccc(-c4cccc(C5CCC(=O)NC5=O)c4Cl)cc3)c2S1(=O)=O. The summed E-state index contributed by atoms with van der Waals surface area (Å²) in [6.45, 7) is 0.235. The van der Waals surface area contributed by atoms with E-state index in [1.54, 1.807) is 30.1 Å². The maximum Gasteiger partial charge on any atom is 0.244 e. The number of fused-ring (bicyclic) bond motifs is 1. The number of imide groups is 2. The molecule has 5 aromatic rings. The summed E-state index contributed by atoms with van der Waals surface area (Å²) in [5.74, 6) is -2.52. The molecule has 326 valence electrons. The highest BCUT2D eigenvalue weighted by atomic mass is 35.5. The van der Waals surface area contributed by atoms with Crippen LogP contribution in [0.5, 0.6) is 0 Å². The van der Waals surface area contributed by atoms with Crippen molar-refractivity contribution in [3.8, 4) is 33.4 Å². The van der Waals surface area contributed by atoms with Crippen molar-refractivity contribution in [1.29, 1.82) is 0 Å². The summed E-state index contributed by atoms with van der Waals surface area (Å²) in [5, 5.41) is 5.65. The van der Waals surface area contributed by atoms with Gasteiger partial charge in [-0.15, -0.1) is 0 Å². The molecule has 0 radical (unpaired) electrons. The standard InChI is InChI=1S/C49H42Cl2N4O8S/c1-54-44(38-11-4-8-33(45(38)64(54,61)62)29-15-13-27(14-16-29)31-6-2-9-34(42(31)50)36-21-23-39(56)52-47(36)59)46-49(26-63-46)25-5-12-41(58)55(49)30-19-17-28(18-20-30)32-7-3-10-35(43(32)51)37-22-24-40(57)53-48(37)60/h2-4,6-11,13-20,36-37,44,46H,5,12,21-26H2,1H3,(H,52,56,59)(H,53,57,60). The molecule has 5 aliphatic rings. The molecule has 64 heavy (non-hydrogen) atoms. The summed E-state index contributed by atoms with van der Waals surface area (Å²) in [6.07, 6.45) is 2.09. The lowest BCUT2D eigenvalue weighted by Gasteiger charge is -2.59. The van der Waals surface area contributed by atoms with E-state index in [4.69, 9.17) is 27.9 Å². The minimum atomic E-state index is -4.03. The third-order valence-corrected chi connectivity index (χ3v) is 16.4. The number of nitrogens with zero attached hydrogens (tertiary/aromatic N) is 2. The molecule has 5 atom stereocenters. The van der Waals surface area contributed by atoms with Crippen molar-refractivity contribution < 1.29 is 37.1 Å². The minimum Gasteiger partial charge on any atom is -0.371 e. The lowest BCUT2D eigenvalue weighted by Crippen LogP contribution is -2.73. The predicted octanol–water partition coefficient (Wildman–Crippen LogP) is 8.06. The second-order valence-electron chi connectivity index (χ2n) is 17.2. The number of halogens is 2. The van der Waals surface area contributed by atoms with E-state index < -0.39 is 39.5 Å². The zero-order valence-corrected chi connectivity index (χ0v) is 36.9. The fraction of sp³-hybridized carbons (Fsp3) is 0.286. The Balaban J connectivity index is 0.946. The van der Waals surface area contributed by atoms with Crippen molar-refractivity contribution in [2.75, 3.05) is 18.6 Å². The topological polar surface area (TPSA) is 159 Å². The van der Waals surface area contributed by atoms with Crippen LogP contribution in [0.25, 0.3) is 33.4 Å². The predicted molar refractivity (Wildman–Crippen MR) is 241 cm³/mol. The quantitative estimate of drug-likeness (QED) is 0.155. The average molecular weight is 918 g/mol. The number of hydrogen-bond acceptors (Lipinski definition) is 8. The van der Waals surface area contributed by atoms with Crippen LogP contribution in [0.1, 0.15) is 79.5 Å². The van der Waals surface area contributed by atoms with Crippen molar-refractivity contribution in [1.82, 2.24) is 14.9 Å². The first-order valence-electron chi connectivity index (χ1n) is 21.3. The Bertz CT molecular complexity index is 2930. The van der Waals surface area contributed by atoms with Gasteiger partial charge in [0, 0.05) is 48.7 Å². The fourth-order valence-corrected chi connectivity index (χ4v) is 12.9. The third kappa shape index (κ3) is 6.78. The molecular formula is C49H42Cl2N4O8S. The molecule has 5 aromatic carbocycles. The Morgan fingerprint density at radius 3 is 1.62 bits per heavy atom. The second-order valence-corrected chi connectivity index (χ2v) is 19.8. The summed E-state index contributed by atoms with van der Waals surface area (Å²) in [6, 6.07) is 30.7. The molecule has 5 aliphatic heterocycles. The molecule has 0 bridgehead atoms. The van der Waals surface area contributed by atoms with E-state index in [1.165, 1.54) is 4.31 Å². The molecule has 5 amide bonds. The summed E-state index contributed by atoms with van der Waals surface area (Å²) in [7, 11) is -2.46. The normalized spacial score (nSPS) is 25.5. The van der Waals surface area contributed by atoms with E-state index in [-0.39, 0.29) is 53.9 Å². The monoisotopic (exact) mass is 916 g/mol. The maximum absolute atomic E-state index is 14.5. The highest BCUT2D eigenvalue weighted by Gasteiger charge is 2.62. The molecule has 5 heterocycles. The Kier molecular flexibility index (Phi) is 10.6. The average Bonchev–Trinajstić information content (AvgIpc) is 3.47. The summed E-state index contributed by atoms with van der Waals surface area (Å²) in [5.41, 5.74) is 5.88. The molecule has 4 fully saturated rings. The number of amides is 5. The minimum absolute atomic E-state index is 0.0782. The lowest BCUT2D eigenvalue weighted by molar-refractivity contribution is -0.173. The van der Waals surface area contributed by atoms with Gasteiger partial charge in [-0.2, -0.15) is 4.31 Å². The number of likely N-dealkylation sites (N-methyl/N-ethyl adjacent to an activating group) is 1. The van der Waals surface area contributed by atoms with Crippen LogP contribution >= 0.6 is 23.2 Å². The van der Waals surface area contributed by atoms with Gasteiger partial charge in [-0.3, -0.25) is 34.6 Å². The van der Waals surface area contributed by atoms with E-state index in [1.807, 2.05) is 84.9 Å². The van der Waals surface area contributed by atoms with Crippen LogP contribution in [-0.4, -0.2) is 67.6 Å². The Morgan fingerprint density at radius 2 is 1.12 bits per heavy atom. The van der Waals surface area contributed by atoms with Crippen molar-refractivity contribution in [3.05, 3.63) is 130 Å². The van der Waals surface area contributed by atoms with E-state index in [9.17, 15) is 32.4 Å². The first-order valence-corrected chi connectivity index (χ1v) is 23.5. The maximum atomic E-state index is 14.5. The van der Waals surface area contributed by atoms with Crippen molar-refractivity contribution >= 4 is 68.4 Å². The zero-order chi connectivity index (χ0) is 44.7. The first-order chi connectivity index (χ1) is 30.8. The van der Waals surface area contributed by atoms with Crippen LogP contribution in [-0.2, 0) is 38.7 Å². The molecule has 5 unspecified atom stereocenters. The van der Waals surface area contributed by atoms with E-state index in [0.717, 1.165) is 11.1 Å². The molecule has 0 aromatic heterocycles. The molecule has 0 saturated carbocycles. The van der Waals surface area contributed by atoms with Gasteiger partial charge in [0.15, 0.2) is 0 Å². The number of benzene rings is 5. The van der Waals surface area contributed by atoms with E-state index in [2.05, 4.69) is 10.6 Å². The van der Waals surface area contributed by atoms with Gasteiger partial charge >= 0.3 is 0 Å². The van der Waals surface area contributed by atoms with Crippen molar-refractivity contribution in [3.63, 3.8) is 0 Å². The van der Waals surface area contributed by atoms with Gasteiger partial charge in [0.25, 0.3) is 0 Å². The molecular weight excluding hydrogens is 876 g/mol. The Hall–Kier alpha value is -5.70. The number of rotatable bonds is 7. The van der Waals surface area contributed by atoms with Crippen LogP contribution < -0.4 is 15.5 Å². The van der Waals surface area contributed by atoms with Crippen LogP contribution in [0, 0.1) is 0 Å². The summed E-state index contributed by atoms with van der Waals surface area (Å²) in [4.78, 5) is 65.0. The fourth-order valence-electron chi connectivity index (χ4n) is 10.4. The molecule has 2 N–H and O–H groups in total. The van der Waals surface area contributed by atoms with Crippen LogP contribution in [0.15, 0.2) is 108 Å². The van der Waals surface area contributed by atoms with Gasteiger partial charge in [0.2, 0.25) is 39.6 Å². The largest absolute Gasteiger partial charge is 0.371 e. The van der Waals surface area contributed by atoms with Gasteiger partial charge in [-0.05, 0) is 71.2 Å². The Morgan fingerprint density at radius 1 is 0.641 bits per heavy atom. The Labute approximate surface area is 379 Å². The smallest absolute Gasteiger partial charge is 0.244 e. The second kappa shape index (κ2) is 16.1. The van der Waals surface area contributed by atoms with Gasteiger partial charge in [-0.1, -0.05) is 114 Å². The third-order valence-electron chi connectivity index (χ3n) is 13.6. The highest BCUT2D eigenvalue weighted by Crippen LogP contribution is 2.54. The summed E-state index contributed by atoms with van der Waals surface area (Å²) >= 11 is 13.9. The molecule has 12 nitrogen and oxygen atoms in total. The number of carbonyl (C=O) groups excluding carboxylic acids is 5. The number of carbonyl (C=O) groups is 5. The number of piperidine rings is 3. The summed E-state index contributed by atoms with van der Waals surface area (Å²) < 4.78 is 36.8. The molecule has 10 rings (SSSR count). The molecule has 1 spiro atoms. The van der Waals surface area contributed by atoms with Gasteiger partial charge < -0.3 is 9.64 Å². The molecule has 4 saturated heterocycles. The van der Waals surface area contributed by atoms with E-state index >= 15 is 0 Å². The first kappa shape index (κ1) is 42.3. The molecule has 15 heteroatoms. The van der Waals surface area contributed by atoms with Gasteiger partial charge in [0.1, 0.15) is 6.10 Å². The molecule has 0 aliphatic carbocycles. The van der Waals surface area contributed by atoms with E-state index in [0.29, 0.717) is 86.8 Å². The van der Waals surface area contributed by atoms with Gasteiger partial charge in [-0.25, -0.2) is 8.42 Å². The number of anilines is 1. The van der Waals surface area contributed by atoms with Crippen molar-refractivity contribution in [2.24, 2.45) is 0 Å². The number of nitrogens with one attached hydrogen (secondary N) is 2. The zero-order valence-electron chi connectivity index (χ0n) is 34.6. The van der Waals surface area contributed by atoms with Gasteiger partial charge in [0.05, 0.1) is 45.0 Å². The van der Waals surface area contributed by atoms with Crippen LogP contribution in [0.3, 0.4) is 0 Å². The lowest BCUT2D eigenvalue weighted by atomic mass is 9.73. The highest BCUT2D eigenvalue weighted by molar-refractivity contribution is 7.89. The van der Waals surface area contributed by atoms with Crippen molar-refractivity contribution in [2.45, 2.75) is 79.4 Å².